The molecule has 120 valence electrons. The number of nitrogens with zero attached hydrogens (tertiary/aromatic N) is 5. The molecule has 0 N–H and O–H groups in total. The summed E-state index contributed by atoms with van der Waals surface area (Å²) in [4.78, 5) is 27.7. The fourth-order valence-electron chi connectivity index (χ4n) is 2.65. The van der Waals surface area contributed by atoms with Crippen molar-refractivity contribution in [3.8, 4) is 0 Å². The molecule has 2 aliphatic heterocycles. The standard InChI is InChI=1S/C14H21N5O3/c1-10(2)13(20)18-7-11(8-18)19-9-12(15-16-19)14(21)17-3-5-22-6-4-17/h9-11H,3-8H2,1-2H3. The summed E-state index contributed by atoms with van der Waals surface area (Å²) in [6.45, 7) is 7.35. The van der Waals surface area contributed by atoms with Gasteiger partial charge in [-0.15, -0.1) is 5.10 Å². The Labute approximate surface area is 129 Å². The number of rotatable bonds is 3. The summed E-state index contributed by atoms with van der Waals surface area (Å²) in [5, 5.41) is 8.02. The lowest BCUT2D eigenvalue weighted by Gasteiger charge is -2.39. The smallest absolute Gasteiger partial charge is 0.276 e. The molecule has 0 spiro atoms. The van der Waals surface area contributed by atoms with Crippen molar-refractivity contribution in [2.24, 2.45) is 5.92 Å². The molecule has 3 rings (SSSR count). The van der Waals surface area contributed by atoms with Gasteiger partial charge in [0.05, 0.1) is 25.5 Å². The fraction of sp³-hybridized carbons (Fsp3) is 0.714. The van der Waals surface area contributed by atoms with E-state index >= 15 is 0 Å². The van der Waals surface area contributed by atoms with Crippen molar-refractivity contribution in [3.63, 3.8) is 0 Å². The molecular weight excluding hydrogens is 286 g/mol. The number of hydrogen-bond donors (Lipinski definition) is 0. The van der Waals surface area contributed by atoms with Crippen LogP contribution in [-0.2, 0) is 9.53 Å². The lowest BCUT2D eigenvalue weighted by atomic mass is 10.1. The van der Waals surface area contributed by atoms with E-state index in [9.17, 15) is 9.59 Å². The van der Waals surface area contributed by atoms with Crippen molar-refractivity contribution in [3.05, 3.63) is 11.9 Å². The largest absolute Gasteiger partial charge is 0.378 e. The van der Waals surface area contributed by atoms with Crippen LogP contribution in [0.15, 0.2) is 6.20 Å². The maximum atomic E-state index is 12.3. The van der Waals surface area contributed by atoms with Crippen LogP contribution < -0.4 is 0 Å². The van der Waals surface area contributed by atoms with Gasteiger partial charge in [0.1, 0.15) is 0 Å². The second kappa shape index (κ2) is 6.04. The van der Waals surface area contributed by atoms with Gasteiger partial charge >= 0.3 is 0 Å². The molecule has 0 unspecified atom stereocenters. The van der Waals surface area contributed by atoms with E-state index in [-0.39, 0.29) is 23.8 Å². The van der Waals surface area contributed by atoms with E-state index in [1.165, 1.54) is 0 Å². The zero-order chi connectivity index (χ0) is 15.7. The van der Waals surface area contributed by atoms with E-state index in [4.69, 9.17) is 4.74 Å². The van der Waals surface area contributed by atoms with Gasteiger partial charge in [0.15, 0.2) is 5.69 Å². The van der Waals surface area contributed by atoms with E-state index < -0.39 is 0 Å². The van der Waals surface area contributed by atoms with Gasteiger partial charge in [-0.2, -0.15) is 0 Å². The molecule has 3 heterocycles. The predicted octanol–water partition coefficient (Wildman–Crippen LogP) is -0.210. The Morgan fingerprint density at radius 3 is 2.55 bits per heavy atom. The topological polar surface area (TPSA) is 80.6 Å². The van der Waals surface area contributed by atoms with Gasteiger partial charge < -0.3 is 14.5 Å². The first kappa shape index (κ1) is 15.0. The van der Waals surface area contributed by atoms with Crippen molar-refractivity contribution in [2.75, 3.05) is 39.4 Å². The molecule has 8 heteroatoms. The molecule has 2 amide bonds. The molecule has 2 fully saturated rings. The summed E-state index contributed by atoms with van der Waals surface area (Å²) in [5.41, 5.74) is 0.357. The molecule has 0 saturated carbocycles. The molecule has 0 bridgehead atoms. The van der Waals surface area contributed by atoms with Crippen LogP contribution in [0.5, 0.6) is 0 Å². The lowest BCUT2D eigenvalue weighted by Crippen LogP contribution is -2.52. The predicted molar refractivity (Wildman–Crippen MR) is 77.2 cm³/mol. The SMILES string of the molecule is CC(C)C(=O)N1CC(n2cc(C(=O)N3CCOCC3)nn2)C1. The number of aromatic nitrogens is 3. The van der Waals surface area contributed by atoms with E-state index in [0.717, 1.165) is 0 Å². The molecule has 0 aromatic carbocycles. The van der Waals surface area contributed by atoms with E-state index in [1.54, 1.807) is 20.7 Å². The first-order valence-electron chi connectivity index (χ1n) is 7.64. The van der Waals surface area contributed by atoms with Crippen LogP contribution in [0.3, 0.4) is 0 Å². The molecule has 1 aromatic heterocycles. The molecule has 0 aliphatic carbocycles. The van der Waals surface area contributed by atoms with Crippen LogP contribution >= 0.6 is 0 Å². The second-order valence-corrected chi connectivity index (χ2v) is 6.04. The third-order valence-electron chi connectivity index (χ3n) is 4.07. The van der Waals surface area contributed by atoms with Crippen molar-refractivity contribution in [1.29, 1.82) is 0 Å². The molecule has 8 nitrogen and oxygen atoms in total. The summed E-state index contributed by atoms with van der Waals surface area (Å²) in [6.07, 6.45) is 1.68. The van der Waals surface area contributed by atoms with Crippen LogP contribution in [0.4, 0.5) is 0 Å². The second-order valence-electron chi connectivity index (χ2n) is 6.04. The van der Waals surface area contributed by atoms with Crippen LogP contribution in [-0.4, -0.2) is 76.0 Å². The molecule has 2 saturated heterocycles. The lowest BCUT2D eigenvalue weighted by molar-refractivity contribution is -0.140. The quantitative estimate of drug-likeness (QED) is 0.772. The van der Waals surface area contributed by atoms with Gasteiger partial charge in [0.25, 0.3) is 5.91 Å². The monoisotopic (exact) mass is 307 g/mol. The Morgan fingerprint density at radius 2 is 1.91 bits per heavy atom. The molecule has 22 heavy (non-hydrogen) atoms. The third kappa shape index (κ3) is 2.83. The number of carbonyl (C=O) groups is 2. The van der Waals surface area contributed by atoms with Gasteiger partial charge in [-0.05, 0) is 0 Å². The van der Waals surface area contributed by atoms with E-state index in [2.05, 4.69) is 10.3 Å². The average molecular weight is 307 g/mol. The zero-order valence-electron chi connectivity index (χ0n) is 12.9. The van der Waals surface area contributed by atoms with Crippen LogP contribution in [0.1, 0.15) is 30.4 Å². The molecular formula is C14H21N5O3. The van der Waals surface area contributed by atoms with Gasteiger partial charge in [0, 0.05) is 32.1 Å². The van der Waals surface area contributed by atoms with Gasteiger partial charge in [-0.25, -0.2) is 4.68 Å². The van der Waals surface area contributed by atoms with Gasteiger partial charge in [0.2, 0.25) is 5.91 Å². The minimum absolute atomic E-state index is 0.00940. The number of morpholine rings is 1. The zero-order valence-corrected chi connectivity index (χ0v) is 12.9. The summed E-state index contributed by atoms with van der Waals surface area (Å²) in [5.74, 6) is 0.0557. The summed E-state index contributed by atoms with van der Waals surface area (Å²) >= 11 is 0. The Bertz CT molecular complexity index is 559. The Kier molecular flexibility index (Phi) is 4.10. The number of ether oxygens (including phenoxy) is 1. The number of hydrogen-bond acceptors (Lipinski definition) is 5. The van der Waals surface area contributed by atoms with Gasteiger partial charge in [-0.3, -0.25) is 9.59 Å². The molecule has 2 aliphatic rings. The van der Waals surface area contributed by atoms with E-state index in [1.807, 2.05) is 13.8 Å². The summed E-state index contributed by atoms with van der Waals surface area (Å²) in [6, 6.07) is 0.112. The van der Waals surface area contributed by atoms with Crippen LogP contribution in [0.25, 0.3) is 0 Å². The maximum Gasteiger partial charge on any atom is 0.276 e. The van der Waals surface area contributed by atoms with Crippen molar-refractivity contribution >= 4 is 11.8 Å². The Hall–Kier alpha value is -1.96. The van der Waals surface area contributed by atoms with Gasteiger partial charge in [-0.1, -0.05) is 19.1 Å². The highest BCUT2D eigenvalue weighted by Crippen LogP contribution is 2.22. The molecule has 1 aromatic rings. The number of carbonyl (C=O) groups excluding carboxylic acids is 2. The van der Waals surface area contributed by atoms with Crippen molar-refractivity contribution in [1.82, 2.24) is 24.8 Å². The highest BCUT2D eigenvalue weighted by Gasteiger charge is 2.34. The van der Waals surface area contributed by atoms with Crippen LogP contribution in [0.2, 0.25) is 0 Å². The minimum Gasteiger partial charge on any atom is -0.378 e. The maximum absolute atomic E-state index is 12.3. The highest BCUT2D eigenvalue weighted by atomic mass is 16.5. The molecule has 0 radical (unpaired) electrons. The first-order chi connectivity index (χ1) is 10.6. The van der Waals surface area contributed by atoms with Crippen molar-refractivity contribution < 1.29 is 14.3 Å². The third-order valence-corrected chi connectivity index (χ3v) is 4.07. The number of amides is 2. The number of likely N-dealkylation sites (tertiary alicyclic amines) is 1. The molecule has 0 atom stereocenters. The normalized spacial score (nSPS) is 19.4. The fourth-order valence-corrected chi connectivity index (χ4v) is 2.65. The average Bonchev–Trinajstić information content (AvgIpc) is 2.95. The Morgan fingerprint density at radius 1 is 1.23 bits per heavy atom. The van der Waals surface area contributed by atoms with Crippen molar-refractivity contribution in [2.45, 2.75) is 19.9 Å². The Balaban J connectivity index is 1.58. The highest BCUT2D eigenvalue weighted by molar-refractivity contribution is 5.92. The minimum atomic E-state index is -0.107. The van der Waals surface area contributed by atoms with Crippen LogP contribution in [0, 0.1) is 5.92 Å². The summed E-state index contributed by atoms with van der Waals surface area (Å²) < 4.78 is 6.93. The first-order valence-corrected chi connectivity index (χ1v) is 7.64. The van der Waals surface area contributed by atoms with E-state index in [0.29, 0.717) is 45.1 Å². The summed E-state index contributed by atoms with van der Waals surface area (Å²) in [7, 11) is 0.